The second kappa shape index (κ2) is 46.2. The van der Waals surface area contributed by atoms with E-state index < -0.39 is 45.1 Å². The lowest BCUT2D eigenvalue weighted by Crippen LogP contribution is -2.34. The first-order valence-corrected chi connectivity index (χ1v) is 26.5. The van der Waals surface area contributed by atoms with E-state index in [4.69, 9.17) is 29.4 Å². The maximum Gasteiger partial charge on any atom is 0.472 e. The summed E-state index contributed by atoms with van der Waals surface area (Å²) in [5.41, 5.74) is 5.37. The molecule has 11 heteroatoms. The largest absolute Gasteiger partial charge is 0.480 e. The average molecular weight is 884 g/mol. The van der Waals surface area contributed by atoms with Gasteiger partial charge in [0.05, 0.1) is 19.8 Å². The normalized spacial score (nSPS) is 14.0. The number of carbonyl (C=O) groups excluding carboxylic acids is 1. The van der Waals surface area contributed by atoms with Crippen LogP contribution >= 0.6 is 7.82 Å². The van der Waals surface area contributed by atoms with Crippen LogP contribution in [-0.4, -0.2) is 60.5 Å². The Kier molecular flexibility index (Phi) is 44.8. The molecule has 0 spiro atoms. The van der Waals surface area contributed by atoms with Gasteiger partial charge >= 0.3 is 19.8 Å². The molecule has 61 heavy (non-hydrogen) atoms. The van der Waals surface area contributed by atoms with Gasteiger partial charge in [0.2, 0.25) is 0 Å². The summed E-state index contributed by atoms with van der Waals surface area (Å²) in [6.07, 6.45) is 53.4. The molecule has 0 radical (unpaired) electrons. The van der Waals surface area contributed by atoms with Crippen molar-refractivity contribution >= 4 is 19.8 Å². The SMILES string of the molecule is CCCCC/C=C\C/C=C\C/C=C\CCCCCCCCCOCC(COP(=O)(O)OCC(N)C(=O)O)OC(=O)CCCCCCCCCCCCCCCCCCCCC. The van der Waals surface area contributed by atoms with Crippen molar-refractivity contribution in [2.24, 2.45) is 5.73 Å². The predicted octanol–water partition coefficient (Wildman–Crippen LogP) is 14.4. The minimum atomic E-state index is -4.62. The standard InChI is InChI=1S/C50H94NO9P/c1-3-5-7-9-11-13-15-17-19-21-23-25-27-29-31-33-35-37-39-41-43-57-44-47(45-58-61(55,56)59-46-48(51)50(53)54)60-49(52)42-40-38-36-34-32-30-28-26-24-22-20-18-16-14-12-10-8-6-4-2/h11,13,17,19,23,25,47-48H,3-10,12,14-16,18,20-22,24,26-46,51H2,1-2H3,(H,53,54)(H,55,56)/b13-11-,19-17-,25-23-. The molecule has 0 aliphatic rings. The van der Waals surface area contributed by atoms with Crippen LogP contribution in [0.25, 0.3) is 0 Å². The minimum absolute atomic E-state index is 0.0130. The maximum atomic E-state index is 12.7. The van der Waals surface area contributed by atoms with Crippen LogP contribution in [0.1, 0.15) is 232 Å². The number of carbonyl (C=O) groups is 2. The molecule has 0 heterocycles. The van der Waals surface area contributed by atoms with E-state index in [0.29, 0.717) is 13.0 Å². The van der Waals surface area contributed by atoms with Crippen molar-refractivity contribution in [1.82, 2.24) is 0 Å². The van der Waals surface area contributed by atoms with Gasteiger partial charge < -0.3 is 25.2 Å². The number of hydrogen-bond donors (Lipinski definition) is 3. The van der Waals surface area contributed by atoms with Crippen LogP contribution in [0.3, 0.4) is 0 Å². The summed E-state index contributed by atoms with van der Waals surface area (Å²) in [6, 6.07) is -1.47. The van der Waals surface area contributed by atoms with Crippen molar-refractivity contribution < 1.29 is 42.7 Å². The van der Waals surface area contributed by atoms with E-state index in [1.54, 1.807) is 0 Å². The molecule has 358 valence electrons. The molecule has 0 aliphatic heterocycles. The molecule has 0 amide bonds. The smallest absolute Gasteiger partial charge is 0.472 e. The second-order valence-electron chi connectivity index (χ2n) is 17.0. The second-order valence-corrected chi connectivity index (χ2v) is 18.4. The van der Waals surface area contributed by atoms with Gasteiger partial charge in [-0.3, -0.25) is 18.6 Å². The van der Waals surface area contributed by atoms with Gasteiger partial charge in [-0.2, -0.15) is 0 Å². The Hall–Kier alpha value is -1.81. The Balaban J connectivity index is 4.16. The molecule has 3 unspecified atom stereocenters. The van der Waals surface area contributed by atoms with Gasteiger partial charge in [0.1, 0.15) is 12.1 Å². The van der Waals surface area contributed by atoms with Gasteiger partial charge in [0, 0.05) is 13.0 Å². The lowest BCUT2D eigenvalue weighted by atomic mass is 10.0. The highest BCUT2D eigenvalue weighted by molar-refractivity contribution is 7.47. The number of carboxylic acids is 1. The molecule has 10 nitrogen and oxygen atoms in total. The Bertz CT molecular complexity index is 1110. The van der Waals surface area contributed by atoms with Gasteiger partial charge in [-0.1, -0.05) is 211 Å². The van der Waals surface area contributed by atoms with E-state index in [1.807, 2.05) is 0 Å². The molecule has 0 saturated carbocycles. The highest BCUT2D eigenvalue weighted by atomic mass is 31.2. The third kappa shape index (κ3) is 46.0. The van der Waals surface area contributed by atoms with E-state index in [0.717, 1.165) is 51.4 Å². The summed E-state index contributed by atoms with van der Waals surface area (Å²) in [5, 5.41) is 8.92. The summed E-state index contributed by atoms with van der Waals surface area (Å²) < 4.78 is 33.5. The molecule has 0 aromatic rings. The number of unbranched alkanes of at least 4 members (excludes halogenated alkanes) is 28. The van der Waals surface area contributed by atoms with E-state index in [2.05, 4.69) is 50.3 Å². The fourth-order valence-corrected chi connectivity index (χ4v) is 7.80. The van der Waals surface area contributed by atoms with Gasteiger partial charge in [-0.25, -0.2) is 4.57 Å². The Morgan fingerprint density at radius 1 is 0.525 bits per heavy atom. The Morgan fingerprint density at radius 3 is 1.38 bits per heavy atom. The summed E-state index contributed by atoms with van der Waals surface area (Å²) >= 11 is 0. The third-order valence-electron chi connectivity index (χ3n) is 10.9. The van der Waals surface area contributed by atoms with Crippen LogP contribution < -0.4 is 5.73 Å². The van der Waals surface area contributed by atoms with Gasteiger partial charge in [-0.05, 0) is 51.4 Å². The molecule has 0 bridgehead atoms. The highest BCUT2D eigenvalue weighted by Crippen LogP contribution is 2.43. The van der Waals surface area contributed by atoms with Crippen molar-refractivity contribution in [3.8, 4) is 0 Å². The van der Waals surface area contributed by atoms with Crippen LogP contribution in [0.2, 0.25) is 0 Å². The number of rotatable bonds is 48. The predicted molar refractivity (Wildman–Crippen MR) is 254 cm³/mol. The average Bonchev–Trinajstić information content (AvgIpc) is 3.24. The fraction of sp³-hybridized carbons (Fsp3) is 0.840. The molecular formula is C50H94NO9P. The van der Waals surface area contributed by atoms with Crippen molar-refractivity contribution in [1.29, 1.82) is 0 Å². The van der Waals surface area contributed by atoms with Crippen LogP contribution in [0, 0.1) is 0 Å². The van der Waals surface area contributed by atoms with E-state index in [1.165, 1.54) is 154 Å². The van der Waals surface area contributed by atoms with E-state index in [9.17, 15) is 19.0 Å². The van der Waals surface area contributed by atoms with Crippen molar-refractivity contribution in [2.75, 3.05) is 26.4 Å². The van der Waals surface area contributed by atoms with Crippen molar-refractivity contribution in [2.45, 2.75) is 244 Å². The topological polar surface area (TPSA) is 155 Å². The zero-order valence-electron chi connectivity index (χ0n) is 39.3. The number of carboxylic acid groups (broad SMARTS) is 1. The first-order valence-electron chi connectivity index (χ1n) is 25.0. The van der Waals surface area contributed by atoms with E-state index in [-0.39, 0.29) is 13.0 Å². The van der Waals surface area contributed by atoms with Crippen LogP contribution in [0.5, 0.6) is 0 Å². The van der Waals surface area contributed by atoms with Crippen LogP contribution in [0.15, 0.2) is 36.5 Å². The molecule has 0 aromatic carbocycles. The number of phosphoric ester groups is 1. The monoisotopic (exact) mass is 884 g/mol. The van der Waals surface area contributed by atoms with Crippen LogP contribution in [-0.2, 0) is 32.7 Å². The van der Waals surface area contributed by atoms with Gasteiger partial charge in [0.25, 0.3) is 0 Å². The molecule has 0 aliphatic carbocycles. The van der Waals surface area contributed by atoms with Crippen molar-refractivity contribution in [3.63, 3.8) is 0 Å². The number of hydrogen-bond acceptors (Lipinski definition) is 8. The first kappa shape index (κ1) is 59.2. The summed E-state index contributed by atoms with van der Waals surface area (Å²) in [4.78, 5) is 33.7. The molecule has 0 rings (SSSR count). The van der Waals surface area contributed by atoms with E-state index >= 15 is 0 Å². The number of allylic oxidation sites excluding steroid dienone is 6. The number of phosphoric acid groups is 1. The lowest BCUT2D eigenvalue weighted by Gasteiger charge is -2.20. The van der Waals surface area contributed by atoms with Crippen LogP contribution in [0.4, 0.5) is 0 Å². The quantitative estimate of drug-likeness (QED) is 0.0233. The molecular weight excluding hydrogens is 790 g/mol. The number of esters is 1. The molecule has 0 aromatic heterocycles. The third-order valence-corrected chi connectivity index (χ3v) is 11.9. The highest BCUT2D eigenvalue weighted by Gasteiger charge is 2.27. The Labute approximate surface area is 374 Å². The maximum absolute atomic E-state index is 12.7. The van der Waals surface area contributed by atoms with Crippen molar-refractivity contribution in [3.05, 3.63) is 36.5 Å². The Morgan fingerprint density at radius 2 is 0.902 bits per heavy atom. The molecule has 3 atom stereocenters. The molecule has 4 N–H and O–H groups in total. The zero-order chi connectivity index (χ0) is 44.8. The molecule has 0 saturated heterocycles. The summed E-state index contributed by atoms with van der Waals surface area (Å²) in [6.45, 7) is 3.87. The zero-order valence-corrected chi connectivity index (χ0v) is 40.2. The molecule has 0 fully saturated rings. The summed E-state index contributed by atoms with van der Waals surface area (Å²) in [7, 11) is -4.62. The van der Waals surface area contributed by atoms with Gasteiger partial charge in [-0.15, -0.1) is 0 Å². The number of nitrogens with two attached hydrogens (primary N) is 1. The summed E-state index contributed by atoms with van der Waals surface area (Å²) in [5.74, 6) is -1.77. The van der Waals surface area contributed by atoms with Gasteiger partial charge in [0.15, 0.2) is 0 Å². The fourth-order valence-electron chi connectivity index (χ4n) is 7.02. The lowest BCUT2D eigenvalue weighted by molar-refractivity contribution is -0.154. The number of ether oxygens (including phenoxy) is 2. The number of aliphatic carboxylic acids is 1. The minimum Gasteiger partial charge on any atom is -0.480 e. The first-order chi connectivity index (χ1) is 29.7.